The van der Waals surface area contributed by atoms with Gasteiger partial charge in [-0.2, -0.15) is 0 Å². The van der Waals surface area contributed by atoms with Crippen LogP contribution in [0.5, 0.6) is 5.75 Å². The fourth-order valence-corrected chi connectivity index (χ4v) is 2.80. The number of nitrogens with zero attached hydrogens (tertiary/aromatic N) is 5. The van der Waals surface area contributed by atoms with Crippen LogP contribution in [0.4, 0.5) is 10.3 Å². The second-order valence-electron chi connectivity index (χ2n) is 6.25. The first-order valence-corrected chi connectivity index (χ1v) is 8.33. The quantitative estimate of drug-likeness (QED) is 0.797. The van der Waals surface area contributed by atoms with Gasteiger partial charge in [-0.25, -0.2) is 9.07 Å². The van der Waals surface area contributed by atoms with Crippen molar-refractivity contribution in [3.8, 4) is 5.75 Å². The molecule has 2 aromatic rings. The minimum Gasteiger partial charge on any atom is -0.475 e. The third-order valence-corrected chi connectivity index (χ3v) is 4.12. The SMILES string of the molecule is CN(C)C(=O)C(C)(C)Oc1c(Cl)cc(F)c(C(=O)Nc2nnnn2C)c1Cl. The van der Waals surface area contributed by atoms with Crippen LogP contribution in [0.3, 0.4) is 0 Å². The molecule has 0 aliphatic rings. The number of aromatic nitrogens is 4. The van der Waals surface area contributed by atoms with E-state index in [4.69, 9.17) is 27.9 Å². The number of carbonyl (C=O) groups is 2. The van der Waals surface area contributed by atoms with Crippen LogP contribution in [0, 0.1) is 5.82 Å². The number of hydrogen-bond donors (Lipinski definition) is 1. The summed E-state index contributed by atoms with van der Waals surface area (Å²) in [4.78, 5) is 26.0. The predicted molar refractivity (Wildman–Crippen MR) is 96.6 cm³/mol. The molecule has 1 heterocycles. The van der Waals surface area contributed by atoms with Crippen molar-refractivity contribution >= 4 is 41.0 Å². The van der Waals surface area contributed by atoms with E-state index in [1.54, 1.807) is 14.1 Å². The minimum absolute atomic E-state index is 0.0176. The molecule has 0 unspecified atom stereocenters. The van der Waals surface area contributed by atoms with E-state index in [1.165, 1.54) is 30.5 Å². The maximum atomic E-state index is 14.4. The number of likely N-dealkylation sites (N-methyl/N-ethyl adjacent to an activating group) is 1. The number of aryl methyl sites for hydroxylation is 1. The highest BCUT2D eigenvalue weighted by Gasteiger charge is 2.34. The number of benzene rings is 1. The monoisotopic (exact) mass is 418 g/mol. The zero-order chi connectivity index (χ0) is 20.5. The fraction of sp³-hybridized carbons (Fsp3) is 0.400. The summed E-state index contributed by atoms with van der Waals surface area (Å²) in [6.45, 7) is 2.99. The van der Waals surface area contributed by atoms with Gasteiger partial charge in [0, 0.05) is 21.1 Å². The number of tetrazole rings is 1. The Bertz CT molecular complexity index is 900. The van der Waals surface area contributed by atoms with Gasteiger partial charge in [0.2, 0.25) is 5.95 Å². The normalized spacial score (nSPS) is 11.3. The molecule has 0 saturated heterocycles. The molecule has 0 radical (unpaired) electrons. The summed E-state index contributed by atoms with van der Waals surface area (Å²) >= 11 is 12.2. The first-order valence-electron chi connectivity index (χ1n) is 7.57. The van der Waals surface area contributed by atoms with E-state index in [0.29, 0.717) is 0 Å². The van der Waals surface area contributed by atoms with Crippen LogP contribution < -0.4 is 10.1 Å². The number of ether oxygens (including phenoxy) is 1. The molecule has 9 nitrogen and oxygen atoms in total. The number of anilines is 1. The Balaban J connectivity index is 2.44. The van der Waals surface area contributed by atoms with E-state index in [9.17, 15) is 14.0 Å². The van der Waals surface area contributed by atoms with Crippen molar-refractivity contribution in [1.29, 1.82) is 0 Å². The lowest BCUT2D eigenvalue weighted by Gasteiger charge is -2.29. The molecule has 0 fully saturated rings. The molecular weight excluding hydrogens is 402 g/mol. The molecule has 0 bridgehead atoms. The molecule has 2 amide bonds. The van der Waals surface area contributed by atoms with E-state index >= 15 is 0 Å². The topological polar surface area (TPSA) is 102 Å². The van der Waals surface area contributed by atoms with Gasteiger partial charge in [0.05, 0.1) is 15.6 Å². The van der Waals surface area contributed by atoms with Crippen molar-refractivity contribution in [2.45, 2.75) is 19.4 Å². The van der Waals surface area contributed by atoms with Gasteiger partial charge in [0.15, 0.2) is 11.4 Å². The Labute approximate surface area is 164 Å². The highest BCUT2D eigenvalue weighted by Crippen LogP contribution is 2.39. The fourth-order valence-electron chi connectivity index (χ4n) is 2.21. The highest BCUT2D eigenvalue weighted by molar-refractivity contribution is 6.39. The zero-order valence-corrected chi connectivity index (χ0v) is 16.7. The van der Waals surface area contributed by atoms with Crippen LogP contribution in [0.1, 0.15) is 24.2 Å². The van der Waals surface area contributed by atoms with E-state index in [0.717, 1.165) is 6.07 Å². The van der Waals surface area contributed by atoms with Gasteiger partial charge in [-0.3, -0.25) is 14.9 Å². The molecule has 2 rings (SSSR count). The summed E-state index contributed by atoms with van der Waals surface area (Å²) < 4.78 is 21.2. The molecule has 0 spiro atoms. The number of hydrogen-bond acceptors (Lipinski definition) is 6. The van der Waals surface area contributed by atoms with Gasteiger partial charge in [0.25, 0.3) is 11.8 Å². The maximum absolute atomic E-state index is 14.4. The number of nitrogens with one attached hydrogen (secondary N) is 1. The first kappa shape index (κ1) is 20.8. The van der Waals surface area contributed by atoms with Gasteiger partial charge in [-0.1, -0.05) is 28.3 Å². The molecule has 1 aromatic carbocycles. The molecule has 0 aliphatic carbocycles. The lowest BCUT2D eigenvalue weighted by Crippen LogP contribution is -2.46. The third kappa shape index (κ3) is 4.28. The minimum atomic E-state index is -1.37. The first-order chi connectivity index (χ1) is 12.5. The molecular formula is C15H17Cl2FN6O3. The van der Waals surface area contributed by atoms with Crippen LogP contribution in [0.25, 0.3) is 0 Å². The highest BCUT2D eigenvalue weighted by atomic mass is 35.5. The van der Waals surface area contributed by atoms with Crippen LogP contribution in [0.2, 0.25) is 10.0 Å². The molecule has 0 atom stereocenters. The van der Waals surface area contributed by atoms with Gasteiger partial charge in [-0.05, 0) is 30.3 Å². The Morgan fingerprint density at radius 1 is 1.33 bits per heavy atom. The summed E-state index contributed by atoms with van der Waals surface area (Å²) in [6.07, 6.45) is 0. The summed E-state index contributed by atoms with van der Waals surface area (Å²) in [5.41, 5.74) is -1.89. The molecule has 0 aliphatic heterocycles. The van der Waals surface area contributed by atoms with Crippen molar-refractivity contribution in [3.63, 3.8) is 0 Å². The summed E-state index contributed by atoms with van der Waals surface area (Å²) in [5, 5.41) is 12.3. The third-order valence-electron chi connectivity index (χ3n) is 3.48. The van der Waals surface area contributed by atoms with E-state index in [-0.39, 0.29) is 27.7 Å². The molecule has 27 heavy (non-hydrogen) atoms. The second-order valence-corrected chi connectivity index (χ2v) is 7.04. The Morgan fingerprint density at radius 2 is 1.96 bits per heavy atom. The lowest BCUT2D eigenvalue weighted by molar-refractivity contribution is -0.142. The second kappa shape index (κ2) is 7.65. The Kier molecular flexibility index (Phi) is 5.91. The van der Waals surface area contributed by atoms with Crippen LogP contribution in [-0.4, -0.2) is 56.6 Å². The van der Waals surface area contributed by atoms with Gasteiger partial charge in [-0.15, -0.1) is 0 Å². The number of halogens is 3. The standard InChI is InChI=1S/C15H17Cl2FN6O3/c1-15(2,13(26)23(3)4)27-11-7(16)6-8(18)9(10(11)17)12(25)19-14-20-21-22-24(14)5/h6H,1-5H3,(H,19,20,22,25). The van der Waals surface area contributed by atoms with E-state index in [2.05, 4.69) is 20.8 Å². The summed E-state index contributed by atoms with van der Waals surface area (Å²) in [6, 6.07) is 0.878. The Morgan fingerprint density at radius 3 is 2.48 bits per heavy atom. The van der Waals surface area contributed by atoms with Gasteiger partial charge < -0.3 is 9.64 Å². The average molecular weight is 419 g/mol. The van der Waals surface area contributed by atoms with Crippen molar-refractivity contribution in [2.24, 2.45) is 7.05 Å². The summed E-state index contributed by atoms with van der Waals surface area (Å²) in [5.74, 6) is -2.47. The van der Waals surface area contributed by atoms with Crippen molar-refractivity contribution in [3.05, 3.63) is 27.5 Å². The van der Waals surface area contributed by atoms with Crippen LogP contribution in [0.15, 0.2) is 6.07 Å². The van der Waals surface area contributed by atoms with Gasteiger partial charge in [0.1, 0.15) is 5.82 Å². The van der Waals surface area contributed by atoms with Crippen molar-refractivity contribution in [1.82, 2.24) is 25.1 Å². The van der Waals surface area contributed by atoms with Gasteiger partial charge >= 0.3 is 0 Å². The molecule has 1 N–H and O–H groups in total. The van der Waals surface area contributed by atoms with Crippen LogP contribution in [-0.2, 0) is 11.8 Å². The van der Waals surface area contributed by atoms with Crippen molar-refractivity contribution in [2.75, 3.05) is 19.4 Å². The molecule has 0 saturated carbocycles. The zero-order valence-electron chi connectivity index (χ0n) is 15.2. The lowest BCUT2D eigenvalue weighted by atomic mass is 10.1. The van der Waals surface area contributed by atoms with Crippen molar-refractivity contribution < 1.29 is 18.7 Å². The molecule has 146 valence electrons. The average Bonchev–Trinajstić information content (AvgIpc) is 2.95. The Hall–Kier alpha value is -2.46. The molecule has 1 aromatic heterocycles. The van der Waals surface area contributed by atoms with Crippen LogP contribution >= 0.6 is 23.2 Å². The largest absolute Gasteiger partial charge is 0.475 e. The van der Waals surface area contributed by atoms with E-state index < -0.39 is 22.9 Å². The van der Waals surface area contributed by atoms with E-state index in [1.807, 2.05) is 0 Å². The smallest absolute Gasteiger partial charge is 0.265 e. The number of amides is 2. The maximum Gasteiger partial charge on any atom is 0.265 e. The summed E-state index contributed by atoms with van der Waals surface area (Å²) in [7, 11) is 4.59. The number of carbonyl (C=O) groups excluding carboxylic acids is 2. The predicted octanol–water partition coefficient (Wildman–Crippen LogP) is 2.15. The number of rotatable bonds is 5. The molecule has 12 heteroatoms.